The summed E-state index contributed by atoms with van der Waals surface area (Å²) in [5.41, 5.74) is 1.17. The van der Waals surface area contributed by atoms with E-state index in [2.05, 4.69) is 4.89 Å². The maximum Gasteiger partial charge on any atom is 0.373 e. The van der Waals surface area contributed by atoms with Gasteiger partial charge in [0.1, 0.15) is 5.60 Å². The molecule has 0 heterocycles. The molecule has 6 heteroatoms. The van der Waals surface area contributed by atoms with Gasteiger partial charge in [-0.1, -0.05) is 64.1 Å². The van der Waals surface area contributed by atoms with E-state index in [-0.39, 0.29) is 5.41 Å². The van der Waals surface area contributed by atoms with Gasteiger partial charge in [0, 0.05) is 0 Å². The van der Waals surface area contributed by atoms with Crippen molar-refractivity contribution in [2.45, 2.75) is 59.0 Å². The van der Waals surface area contributed by atoms with Gasteiger partial charge < -0.3 is 0 Å². The predicted octanol–water partition coefficient (Wildman–Crippen LogP) is 5.58. The van der Waals surface area contributed by atoms with Gasteiger partial charge in [0.25, 0.3) is 0 Å². The highest BCUT2D eigenvalue weighted by Gasteiger charge is 2.22. The third-order valence-corrected chi connectivity index (χ3v) is 4.24. The molecule has 0 aliphatic rings. The number of carbonyl (C=O) groups is 2. The lowest BCUT2D eigenvalue weighted by Crippen LogP contribution is -2.25. The van der Waals surface area contributed by atoms with Crippen molar-refractivity contribution < 1.29 is 29.5 Å². The molecule has 0 fully saturated rings. The number of hydrogen-bond donors (Lipinski definition) is 1. The minimum absolute atomic E-state index is 0.148. The van der Waals surface area contributed by atoms with Crippen LogP contribution in [0.2, 0.25) is 0 Å². The van der Waals surface area contributed by atoms with Gasteiger partial charge in [-0.25, -0.2) is 9.59 Å². The van der Waals surface area contributed by atoms with Crippen LogP contribution in [0.1, 0.15) is 74.2 Å². The van der Waals surface area contributed by atoms with E-state index in [1.165, 1.54) is 0 Å². The second-order valence-electron chi connectivity index (χ2n) is 8.11. The number of hydrogen-bond acceptors (Lipinski definition) is 6. The van der Waals surface area contributed by atoms with Crippen molar-refractivity contribution in [1.29, 1.82) is 0 Å². The zero-order valence-electron chi connectivity index (χ0n) is 17.9. The van der Waals surface area contributed by atoms with E-state index in [1.807, 2.05) is 59.7 Å². The SMILES string of the molecule is CC(C)(C)c1ccccc1C(=O)OO.CCC(C)(C)OOC(=O)c1ccccc1. The fraction of sp³-hybridized carbons (Fsp3) is 0.391. The normalized spacial score (nSPS) is 11.1. The Kier molecular flexibility index (Phi) is 9.01. The summed E-state index contributed by atoms with van der Waals surface area (Å²) in [6.07, 6.45) is 0.773. The monoisotopic (exact) mass is 402 g/mol. The van der Waals surface area contributed by atoms with Gasteiger partial charge in [-0.15, -0.1) is 0 Å². The van der Waals surface area contributed by atoms with Crippen LogP contribution in [0, 0.1) is 0 Å². The van der Waals surface area contributed by atoms with E-state index in [0.717, 1.165) is 12.0 Å². The molecule has 2 aromatic rings. The molecule has 2 aromatic carbocycles. The van der Waals surface area contributed by atoms with Crippen molar-refractivity contribution in [2.24, 2.45) is 0 Å². The van der Waals surface area contributed by atoms with E-state index >= 15 is 0 Å². The van der Waals surface area contributed by atoms with Crippen molar-refractivity contribution >= 4 is 11.9 Å². The van der Waals surface area contributed by atoms with Crippen LogP contribution >= 0.6 is 0 Å². The van der Waals surface area contributed by atoms with Gasteiger partial charge in [-0.2, -0.15) is 10.1 Å². The van der Waals surface area contributed by atoms with Crippen molar-refractivity contribution in [1.82, 2.24) is 0 Å². The molecule has 0 aliphatic heterocycles. The second-order valence-corrected chi connectivity index (χ2v) is 8.11. The Hall–Kier alpha value is -2.70. The fourth-order valence-corrected chi connectivity index (χ4v) is 2.20. The Balaban J connectivity index is 0.000000291. The van der Waals surface area contributed by atoms with Crippen LogP contribution in [0.15, 0.2) is 54.6 Å². The number of rotatable bonds is 5. The Morgan fingerprint density at radius 2 is 1.41 bits per heavy atom. The molecule has 0 unspecified atom stereocenters. The summed E-state index contributed by atoms with van der Waals surface area (Å²) < 4.78 is 0. The molecule has 0 saturated heterocycles. The van der Waals surface area contributed by atoms with Crippen LogP contribution in [0.3, 0.4) is 0 Å². The van der Waals surface area contributed by atoms with Gasteiger partial charge in [0.05, 0.1) is 11.1 Å². The maximum atomic E-state index is 11.5. The first-order valence-electron chi connectivity index (χ1n) is 9.42. The fourth-order valence-electron chi connectivity index (χ4n) is 2.20. The average molecular weight is 402 g/mol. The van der Waals surface area contributed by atoms with Crippen LogP contribution < -0.4 is 0 Å². The lowest BCUT2D eigenvalue weighted by atomic mass is 9.84. The molecule has 2 rings (SSSR count). The molecule has 158 valence electrons. The molecule has 29 heavy (non-hydrogen) atoms. The second kappa shape index (κ2) is 10.7. The summed E-state index contributed by atoms with van der Waals surface area (Å²) in [5, 5.41) is 8.33. The maximum absolute atomic E-state index is 11.5. The average Bonchev–Trinajstić information content (AvgIpc) is 2.72. The van der Waals surface area contributed by atoms with Gasteiger partial charge in [0.2, 0.25) is 0 Å². The van der Waals surface area contributed by atoms with E-state index in [4.69, 9.17) is 15.0 Å². The minimum atomic E-state index is -0.712. The van der Waals surface area contributed by atoms with Gasteiger partial charge >= 0.3 is 11.9 Å². The number of carbonyl (C=O) groups excluding carboxylic acids is 2. The Bertz CT molecular complexity index is 791. The molecule has 0 radical (unpaired) electrons. The molecule has 0 aliphatic carbocycles. The summed E-state index contributed by atoms with van der Waals surface area (Å²) in [6, 6.07) is 15.9. The molecule has 1 N–H and O–H groups in total. The zero-order chi connectivity index (χ0) is 22.1. The third-order valence-electron chi connectivity index (χ3n) is 4.24. The Morgan fingerprint density at radius 1 is 0.862 bits per heavy atom. The molecular weight excluding hydrogens is 372 g/mol. The third kappa shape index (κ3) is 8.05. The highest BCUT2D eigenvalue weighted by atomic mass is 17.2. The summed E-state index contributed by atoms with van der Waals surface area (Å²) in [4.78, 5) is 36.2. The lowest BCUT2D eigenvalue weighted by molar-refractivity contribution is -0.307. The van der Waals surface area contributed by atoms with Gasteiger partial charge in [0.15, 0.2) is 0 Å². The molecule has 0 amide bonds. The first-order valence-corrected chi connectivity index (χ1v) is 9.42. The standard InChI is InChI=1S/C12H16O3.C11H14O3/c1-4-12(2,3)15-14-11(13)10-8-6-5-7-9-10;1-11(2,3)9-7-5-4-6-8(9)10(12)14-13/h5-9H,4H2,1-3H3;4-7,13H,1-3H3. The predicted molar refractivity (Wildman–Crippen MR) is 110 cm³/mol. The summed E-state index contributed by atoms with van der Waals surface area (Å²) >= 11 is 0. The number of benzene rings is 2. The van der Waals surface area contributed by atoms with Crippen LogP contribution in [-0.4, -0.2) is 22.8 Å². The minimum Gasteiger partial charge on any atom is -0.295 e. The van der Waals surface area contributed by atoms with Crippen molar-refractivity contribution in [3.63, 3.8) is 0 Å². The smallest absolute Gasteiger partial charge is 0.295 e. The Labute approximate surface area is 172 Å². The quantitative estimate of drug-likeness (QED) is 0.519. The van der Waals surface area contributed by atoms with Gasteiger partial charge in [-0.05, 0) is 49.4 Å². The zero-order valence-corrected chi connectivity index (χ0v) is 17.9. The molecule has 0 spiro atoms. The highest BCUT2D eigenvalue weighted by Crippen LogP contribution is 2.25. The molecular formula is C23H30O6. The van der Waals surface area contributed by atoms with E-state index in [9.17, 15) is 9.59 Å². The van der Waals surface area contributed by atoms with Crippen molar-refractivity contribution in [2.75, 3.05) is 0 Å². The topological polar surface area (TPSA) is 82.1 Å². The van der Waals surface area contributed by atoms with E-state index in [1.54, 1.807) is 36.4 Å². The molecule has 0 saturated carbocycles. The van der Waals surface area contributed by atoms with E-state index < -0.39 is 17.5 Å². The largest absolute Gasteiger partial charge is 0.373 e. The highest BCUT2D eigenvalue weighted by molar-refractivity contribution is 5.91. The van der Waals surface area contributed by atoms with Crippen LogP contribution in [0.25, 0.3) is 0 Å². The first kappa shape index (κ1) is 24.3. The van der Waals surface area contributed by atoms with Gasteiger partial charge in [-0.3, -0.25) is 9.78 Å². The van der Waals surface area contributed by atoms with Crippen LogP contribution in [-0.2, 0) is 20.1 Å². The first-order chi connectivity index (χ1) is 13.5. The molecule has 0 atom stereocenters. The van der Waals surface area contributed by atoms with Crippen LogP contribution in [0.4, 0.5) is 0 Å². The molecule has 0 bridgehead atoms. The summed E-state index contributed by atoms with van der Waals surface area (Å²) in [7, 11) is 0. The van der Waals surface area contributed by atoms with Crippen molar-refractivity contribution in [3.8, 4) is 0 Å². The van der Waals surface area contributed by atoms with E-state index in [0.29, 0.717) is 11.1 Å². The summed E-state index contributed by atoms with van der Waals surface area (Å²) in [5.74, 6) is -1.17. The van der Waals surface area contributed by atoms with Crippen LogP contribution in [0.5, 0.6) is 0 Å². The van der Waals surface area contributed by atoms with Crippen molar-refractivity contribution in [3.05, 3.63) is 71.3 Å². The molecule has 0 aromatic heterocycles. The molecule has 6 nitrogen and oxygen atoms in total. The lowest BCUT2D eigenvalue weighted by Gasteiger charge is -2.21. The summed E-state index contributed by atoms with van der Waals surface area (Å²) in [6.45, 7) is 11.7. The Morgan fingerprint density at radius 3 is 1.93 bits per heavy atom.